The Morgan fingerprint density at radius 3 is 2.87 bits per heavy atom. The van der Waals surface area contributed by atoms with E-state index in [0.717, 1.165) is 6.54 Å². The summed E-state index contributed by atoms with van der Waals surface area (Å²) in [7, 11) is 1.35. The molecule has 7 heteroatoms. The lowest BCUT2D eigenvalue weighted by Crippen LogP contribution is -2.31. The molecule has 0 bridgehead atoms. The van der Waals surface area contributed by atoms with Crippen molar-refractivity contribution in [1.29, 1.82) is 0 Å². The summed E-state index contributed by atoms with van der Waals surface area (Å²) in [5.74, 6) is 0.679. The van der Waals surface area contributed by atoms with Crippen LogP contribution in [0, 0.1) is 0 Å². The van der Waals surface area contributed by atoms with Crippen LogP contribution in [0.15, 0.2) is 45.9 Å². The van der Waals surface area contributed by atoms with E-state index in [2.05, 4.69) is 15.8 Å². The maximum Gasteiger partial charge on any atom is 0.338 e. The Bertz CT molecular complexity index is 725. The van der Waals surface area contributed by atoms with Gasteiger partial charge in [0, 0.05) is 12.1 Å². The first kappa shape index (κ1) is 16.7. The molecule has 1 heterocycles. The van der Waals surface area contributed by atoms with E-state index in [1.165, 1.54) is 13.3 Å². The normalized spacial score (nSPS) is 10.5. The number of methoxy groups -OCH3 is 1. The molecule has 0 saturated heterocycles. The van der Waals surface area contributed by atoms with Gasteiger partial charge in [-0.1, -0.05) is 18.2 Å². The molecule has 0 aliphatic carbocycles. The van der Waals surface area contributed by atoms with Crippen molar-refractivity contribution >= 4 is 29.5 Å². The van der Waals surface area contributed by atoms with E-state index in [-0.39, 0.29) is 0 Å². The standard InChI is InChI=1S/C16H17N3O3S/c1-3-17-16(23)19-18-10-11-8-9-14(22-11)12-6-4-5-7-13(12)15(20)21-2/h4-10H,3H2,1-2H3,(H2,17,19,23)/b18-10-. The Morgan fingerprint density at radius 2 is 2.13 bits per heavy atom. The minimum absolute atomic E-state index is 0.412. The van der Waals surface area contributed by atoms with Gasteiger partial charge in [0.2, 0.25) is 0 Å². The minimum atomic E-state index is -0.412. The molecule has 2 N–H and O–H groups in total. The van der Waals surface area contributed by atoms with Crippen molar-refractivity contribution in [3.05, 3.63) is 47.7 Å². The lowest BCUT2D eigenvalue weighted by atomic mass is 10.1. The number of nitrogens with zero attached hydrogens (tertiary/aromatic N) is 1. The molecule has 0 saturated carbocycles. The molecular weight excluding hydrogens is 314 g/mol. The lowest BCUT2D eigenvalue weighted by Gasteiger charge is -2.04. The van der Waals surface area contributed by atoms with Gasteiger partial charge in [0.1, 0.15) is 11.5 Å². The van der Waals surface area contributed by atoms with Crippen molar-refractivity contribution in [2.24, 2.45) is 5.10 Å². The van der Waals surface area contributed by atoms with E-state index in [1.807, 2.05) is 13.0 Å². The van der Waals surface area contributed by atoms with Crippen LogP contribution in [0.5, 0.6) is 0 Å². The van der Waals surface area contributed by atoms with Crippen molar-refractivity contribution in [3.8, 4) is 11.3 Å². The zero-order chi connectivity index (χ0) is 16.7. The highest BCUT2D eigenvalue weighted by Gasteiger charge is 2.14. The van der Waals surface area contributed by atoms with Crippen LogP contribution in [0.1, 0.15) is 23.0 Å². The van der Waals surface area contributed by atoms with Crippen LogP contribution < -0.4 is 10.7 Å². The summed E-state index contributed by atoms with van der Waals surface area (Å²) < 4.78 is 10.5. The van der Waals surface area contributed by atoms with Crippen LogP contribution in [-0.2, 0) is 4.74 Å². The number of carbonyl (C=O) groups is 1. The van der Waals surface area contributed by atoms with Gasteiger partial charge in [-0.25, -0.2) is 4.79 Å². The molecule has 0 fully saturated rings. The highest BCUT2D eigenvalue weighted by atomic mass is 32.1. The van der Waals surface area contributed by atoms with E-state index < -0.39 is 5.97 Å². The van der Waals surface area contributed by atoms with Gasteiger partial charge in [-0.15, -0.1) is 0 Å². The molecule has 120 valence electrons. The van der Waals surface area contributed by atoms with Gasteiger partial charge in [0.25, 0.3) is 0 Å². The van der Waals surface area contributed by atoms with Gasteiger partial charge in [-0.05, 0) is 37.3 Å². The fraction of sp³-hybridized carbons (Fsp3) is 0.188. The highest BCUT2D eigenvalue weighted by Crippen LogP contribution is 2.25. The van der Waals surface area contributed by atoms with Crippen molar-refractivity contribution in [2.45, 2.75) is 6.92 Å². The molecule has 0 aliphatic heterocycles. The van der Waals surface area contributed by atoms with Gasteiger partial charge >= 0.3 is 5.97 Å². The van der Waals surface area contributed by atoms with Crippen molar-refractivity contribution < 1.29 is 13.9 Å². The Labute approximate surface area is 139 Å². The zero-order valence-electron chi connectivity index (χ0n) is 12.8. The number of furan rings is 1. The van der Waals surface area contributed by atoms with Gasteiger partial charge in [-0.3, -0.25) is 5.43 Å². The number of ether oxygens (including phenoxy) is 1. The molecule has 2 aromatic rings. The van der Waals surface area contributed by atoms with Crippen LogP contribution in [0.3, 0.4) is 0 Å². The van der Waals surface area contributed by atoms with Crippen molar-refractivity contribution in [1.82, 2.24) is 10.7 Å². The van der Waals surface area contributed by atoms with Gasteiger partial charge in [0.15, 0.2) is 5.11 Å². The number of hydrazone groups is 1. The molecule has 23 heavy (non-hydrogen) atoms. The summed E-state index contributed by atoms with van der Waals surface area (Å²) in [4.78, 5) is 11.8. The third-order valence-electron chi connectivity index (χ3n) is 2.92. The average molecular weight is 331 g/mol. The molecule has 0 aliphatic rings. The molecule has 0 radical (unpaired) electrons. The summed E-state index contributed by atoms with van der Waals surface area (Å²) >= 11 is 4.99. The Hall–Kier alpha value is -2.67. The van der Waals surface area contributed by atoms with Crippen LogP contribution in [-0.4, -0.2) is 31.0 Å². The number of thiocarbonyl (C=S) groups is 1. The largest absolute Gasteiger partial charge is 0.465 e. The molecule has 1 aromatic heterocycles. The summed E-state index contributed by atoms with van der Waals surface area (Å²) in [6, 6.07) is 10.6. The number of carbonyl (C=O) groups excluding carboxylic acids is 1. The lowest BCUT2D eigenvalue weighted by molar-refractivity contribution is 0.0601. The quantitative estimate of drug-likeness (QED) is 0.379. The maximum absolute atomic E-state index is 11.8. The van der Waals surface area contributed by atoms with Crippen LogP contribution >= 0.6 is 12.2 Å². The molecular formula is C16H17N3O3S. The first-order valence-electron chi connectivity index (χ1n) is 7.00. The Morgan fingerprint density at radius 1 is 1.35 bits per heavy atom. The average Bonchev–Trinajstić information content (AvgIpc) is 3.03. The smallest absolute Gasteiger partial charge is 0.338 e. The highest BCUT2D eigenvalue weighted by molar-refractivity contribution is 7.80. The predicted octanol–water partition coefficient (Wildman–Crippen LogP) is 2.55. The third kappa shape index (κ3) is 4.40. The number of benzene rings is 1. The maximum atomic E-state index is 11.8. The van der Waals surface area contributed by atoms with E-state index in [1.54, 1.807) is 30.3 Å². The first-order chi connectivity index (χ1) is 11.2. The second-order valence-electron chi connectivity index (χ2n) is 4.47. The van der Waals surface area contributed by atoms with E-state index in [0.29, 0.717) is 27.8 Å². The fourth-order valence-corrected chi connectivity index (χ4v) is 2.10. The molecule has 0 spiro atoms. The number of nitrogens with one attached hydrogen (secondary N) is 2. The molecule has 0 unspecified atom stereocenters. The second kappa shape index (κ2) is 8.09. The van der Waals surface area contributed by atoms with Gasteiger partial charge < -0.3 is 14.5 Å². The zero-order valence-corrected chi connectivity index (χ0v) is 13.6. The van der Waals surface area contributed by atoms with Gasteiger partial charge in [-0.2, -0.15) is 5.10 Å². The predicted molar refractivity (Wildman–Crippen MR) is 92.5 cm³/mol. The summed E-state index contributed by atoms with van der Waals surface area (Å²) in [6.07, 6.45) is 1.51. The molecule has 2 rings (SSSR count). The summed E-state index contributed by atoms with van der Waals surface area (Å²) in [5, 5.41) is 7.33. The number of hydrogen-bond acceptors (Lipinski definition) is 5. The topological polar surface area (TPSA) is 75.9 Å². The van der Waals surface area contributed by atoms with E-state index >= 15 is 0 Å². The number of rotatable bonds is 5. The summed E-state index contributed by atoms with van der Waals surface area (Å²) in [5.41, 5.74) is 3.78. The SMILES string of the molecule is CCNC(=S)N/N=C\c1ccc(-c2ccccc2C(=O)OC)o1. The second-order valence-corrected chi connectivity index (χ2v) is 4.88. The first-order valence-corrected chi connectivity index (χ1v) is 7.41. The molecule has 6 nitrogen and oxygen atoms in total. The fourth-order valence-electron chi connectivity index (χ4n) is 1.91. The molecule has 1 aromatic carbocycles. The minimum Gasteiger partial charge on any atom is -0.465 e. The Kier molecular flexibility index (Phi) is 5.87. The van der Waals surface area contributed by atoms with E-state index in [9.17, 15) is 4.79 Å². The number of esters is 1. The van der Waals surface area contributed by atoms with Gasteiger partial charge in [0.05, 0.1) is 18.9 Å². The van der Waals surface area contributed by atoms with Crippen LogP contribution in [0.2, 0.25) is 0 Å². The Balaban J connectivity index is 2.15. The van der Waals surface area contributed by atoms with Crippen molar-refractivity contribution in [3.63, 3.8) is 0 Å². The molecule has 0 atom stereocenters. The van der Waals surface area contributed by atoms with Crippen LogP contribution in [0.4, 0.5) is 0 Å². The summed E-state index contributed by atoms with van der Waals surface area (Å²) in [6.45, 7) is 2.66. The van der Waals surface area contributed by atoms with Crippen LogP contribution in [0.25, 0.3) is 11.3 Å². The van der Waals surface area contributed by atoms with Crippen molar-refractivity contribution in [2.75, 3.05) is 13.7 Å². The number of hydrogen-bond donors (Lipinski definition) is 2. The van der Waals surface area contributed by atoms with E-state index in [4.69, 9.17) is 21.4 Å². The monoisotopic (exact) mass is 331 g/mol. The molecule has 0 amide bonds. The third-order valence-corrected chi connectivity index (χ3v) is 3.16.